The van der Waals surface area contributed by atoms with Crippen molar-refractivity contribution < 1.29 is 9.59 Å². The Hall–Kier alpha value is -1.85. The molecule has 3 fully saturated rings. The molecule has 0 unspecified atom stereocenters. The molecule has 4 atom stereocenters. The van der Waals surface area contributed by atoms with E-state index in [9.17, 15) is 9.59 Å². The molecule has 3 aliphatic rings. The first kappa shape index (κ1) is 17.6. The fraction of sp³-hybridized carbons (Fsp3) is 0.750. The highest BCUT2D eigenvalue weighted by Gasteiger charge is 2.60. The van der Waals surface area contributed by atoms with Gasteiger partial charge in [-0.2, -0.15) is 0 Å². The predicted octanol–water partition coefficient (Wildman–Crippen LogP) is 2.23. The zero-order valence-corrected chi connectivity index (χ0v) is 16.1. The highest BCUT2D eigenvalue weighted by molar-refractivity contribution is 5.78. The minimum absolute atomic E-state index is 0.0310. The summed E-state index contributed by atoms with van der Waals surface area (Å²) >= 11 is 0. The summed E-state index contributed by atoms with van der Waals surface area (Å²) in [5.41, 5.74) is 0.0310. The average Bonchev–Trinajstić information content (AvgIpc) is 3.08. The predicted molar refractivity (Wildman–Crippen MR) is 98.4 cm³/mol. The van der Waals surface area contributed by atoms with Gasteiger partial charge in [0.25, 0.3) is 0 Å². The van der Waals surface area contributed by atoms with Gasteiger partial charge in [0.1, 0.15) is 12.4 Å². The van der Waals surface area contributed by atoms with Crippen LogP contribution in [0, 0.1) is 5.41 Å². The second-order valence-corrected chi connectivity index (χ2v) is 8.48. The first-order valence-electron chi connectivity index (χ1n) is 10.0. The number of fused-ring (bicyclic) bond motifs is 1. The number of carbonyl (C=O) groups excluding carboxylic acids is 2. The van der Waals surface area contributed by atoms with Crippen LogP contribution in [-0.4, -0.2) is 55.8 Å². The normalized spacial score (nSPS) is 33.3. The summed E-state index contributed by atoms with van der Waals surface area (Å²) < 4.78 is 1.97. The Balaban J connectivity index is 1.63. The van der Waals surface area contributed by atoms with Crippen LogP contribution in [0.4, 0.5) is 0 Å². The van der Waals surface area contributed by atoms with Crippen molar-refractivity contribution in [3.63, 3.8) is 0 Å². The second-order valence-electron chi connectivity index (χ2n) is 8.48. The van der Waals surface area contributed by atoms with Crippen molar-refractivity contribution in [3.8, 4) is 0 Å². The Kier molecular flexibility index (Phi) is 4.32. The lowest BCUT2D eigenvalue weighted by atomic mass is 9.71. The van der Waals surface area contributed by atoms with Crippen molar-refractivity contribution in [2.45, 2.75) is 84.0 Å². The second kappa shape index (κ2) is 6.39. The Morgan fingerprint density at radius 2 is 2.00 bits per heavy atom. The number of rotatable bonds is 3. The van der Waals surface area contributed by atoms with Gasteiger partial charge in [0.2, 0.25) is 11.8 Å². The van der Waals surface area contributed by atoms with Crippen LogP contribution in [0.3, 0.4) is 0 Å². The summed E-state index contributed by atoms with van der Waals surface area (Å²) in [5.74, 6) is 1.29. The summed E-state index contributed by atoms with van der Waals surface area (Å²) in [6, 6.07) is 0.709. The van der Waals surface area contributed by atoms with E-state index in [1.54, 1.807) is 13.1 Å². The van der Waals surface area contributed by atoms with E-state index in [1.165, 1.54) is 0 Å². The largest absolute Gasteiger partial charge is 0.335 e. The Bertz CT molecular complexity index is 714. The van der Waals surface area contributed by atoms with Crippen molar-refractivity contribution in [1.82, 2.24) is 19.4 Å². The number of aromatic nitrogens is 2. The zero-order valence-electron chi connectivity index (χ0n) is 16.1. The minimum Gasteiger partial charge on any atom is -0.335 e. The van der Waals surface area contributed by atoms with Crippen molar-refractivity contribution in [3.05, 3.63) is 18.2 Å². The van der Waals surface area contributed by atoms with E-state index in [0.29, 0.717) is 13.1 Å². The molecule has 0 radical (unpaired) electrons. The maximum atomic E-state index is 13.3. The lowest BCUT2D eigenvalue weighted by Gasteiger charge is -2.46. The van der Waals surface area contributed by atoms with E-state index >= 15 is 0 Å². The smallest absolute Gasteiger partial charge is 0.242 e. The van der Waals surface area contributed by atoms with Crippen molar-refractivity contribution in [2.24, 2.45) is 5.41 Å². The molecular weight excluding hydrogens is 328 g/mol. The molecule has 2 amide bonds. The molecule has 1 saturated carbocycles. The first-order valence-corrected chi connectivity index (χ1v) is 10.0. The molecule has 0 aromatic carbocycles. The molecule has 2 saturated heterocycles. The van der Waals surface area contributed by atoms with Crippen LogP contribution in [0.15, 0.2) is 12.4 Å². The van der Waals surface area contributed by atoms with Gasteiger partial charge in [-0.25, -0.2) is 4.98 Å². The molecule has 4 rings (SSSR count). The summed E-state index contributed by atoms with van der Waals surface area (Å²) in [6.07, 6.45) is 9.95. The van der Waals surface area contributed by atoms with Crippen molar-refractivity contribution in [2.75, 3.05) is 6.54 Å². The maximum absolute atomic E-state index is 13.3. The molecule has 1 aromatic heterocycles. The third-order valence-electron chi connectivity index (χ3n) is 7.02. The van der Waals surface area contributed by atoms with E-state index in [-0.39, 0.29) is 35.4 Å². The van der Waals surface area contributed by atoms with Crippen LogP contribution in [0.5, 0.6) is 0 Å². The molecule has 142 valence electrons. The van der Waals surface area contributed by atoms with Crippen molar-refractivity contribution >= 4 is 11.8 Å². The van der Waals surface area contributed by atoms with Gasteiger partial charge in [0.05, 0.1) is 6.04 Å². The number of likely N-dealkylation sites (tertiary alicyclic amines) is 2. The molecule has 0 N–H and O–H groups in total. The molecule has 3 heterocycles. The highest BCUT2D eigenvalue weighted by atomic mass is 16.2. The number of aryl methyl sites for hydroxylation is 1. The molecule has 6 nitrogen and oxygen atoms in total. The molecular formula is C20H30N4O2. The molecule has 2 aliphatic heterocycles. The molecule has 6 heteroatoms. The summed E-state index contributed by atoms with van der Waals surface area (Å²) in [7, 11) is 0. The molecule has 2 bridgehead atoms. The van der Waals surface area contributed by atoms with E-state index in [4.69, 9.17) is 0 Å². The van der Waals surface area contributed by atoms with Gasteiger partial charge in [-0.15, -0.1) is 0 Å². The van der Waals surface area contributed by atoms with Gasteiger partial charge in [0, 0.05) is 49.8 Å². The zero-order chi connectivity index (χ0) is 18.5. The topological polar surface area (TPSA) is 58.4 Å². The van der Waals surface area contributed by atoms with Crippen molar-refractivity contribution in [1.29, 1.82) is 0 Å². The van der Waals surface area contributed by atoms with Crippen LogP contribution in [0.25, 0.3) is 0 Å². The fourth-order valence-corrected chi connectivity index (χ4v) is 5.95. The highest BCUT2D eigenvalue weighted by Crippen LogP contribution is 2.53. The van der Waals surface area contributed by atoms with Gasteiger partial charge in [-0.3, -0.25) is 9.59 Å². The number of piperidine rings is 1. The Morgan fingerprint density at radius 3 is 2.69 bits per heavy atom. The summed E-state index contributed by atoms with van der Waals surface area (Å²) in [5, 5.41) is 0. The molecule has 0 spiro atoms. The van der Waals surface area contributed by atoms with E-state index < -0.39 is 0 Å². The van der Waals surface area contributed by atoms with Crippen LogP contribution >= 0.6 is 0 Å². The van der Waals surface area contributed by atoms with Crippen LogP contribution in [0.1, 0.15) is 58.7 Å². The minimum atomic E-state index is 0.0310. The van der Waals surface area contributed by atoms with Gasteiger partial charge >= 0.3 is 0 Å². The number of amides is 2. The van der Waals surface area contributed by atoms with Gasteiger partial charge in [-0.05, 0) is 19.3 Å². The SMILES string of the molecule is CCc1nccn1CC(=O)N1C[C@@H]2C[C@@]3(C)[C@H](CCCC[C@@H]13)N2C(C)=O. The fourth-order valence-electron chi connectivity index (χ4n) is 5.95. The monoisotopic (exact) mass is 358 g/mol. The number of hydrogen-bond acceptors (Lipinski definition) is 3. The van der Waals surface area contributed by atoms with E-state index in [2.05, 4.69) is 28.6 Å². The van der Waals surface area contributed by atoms with Crippen LogP contribution in [0.2, 0.25) is 0 Å². The lowest BCUT2D eigenvalue weighted by molar-refractivity contribution is -0.140. The number of imidazole rings is 1. The molecule has 1 aliphatic carbocycles. The quantitative estimate of drug-likeness (QED) is 0.832. The summed E-state index contributed by atoms with van der Waals surface area (Å²) in [4.78, 5) is 34.2. The first-order chi connectivity index (χ1) is 12.5. The lowest BCUT2D eigenvalue weighted by Crippen LogP contribution is -2.56. The number of hydrogen-bond donors (Lipinski definition) is 0. The number of carbonyl (C=O) groups is 2. The third-order valence-corrected chi connectivity index (χ3v) is 7.02. The standard InChI is InChI=1S/C20H30N4O2/c1-4-18-21-9-10-22(18)13-19(26)23-12-15-11-20(3)16(23)7-5-6-8-17(20)24(15)14(2)25/h9-10,15-17H,4-8,11-13H2,1-3H3/t15-,16+,17-,20+/m0/s1. The molecule has 26 heavy (non-hydrogen) atoms. The Labute approximate surface area is 155 Å². The average molecular weight is 358 g/mol. The Morgan fingerprint density at radius 1 is 1.27 bits per heavy atom. The van der Waals surface area contributed by atoms with Gasteiger partial charge in [0.15, 0.2) is 0 Å². The van der Waals surface area contributed by atoms with Crippen LogP contribution < -0.4 is 0 Å². The summed E-state index contributed by atoms with van der Waals surface area (Å²) in [6.45, 7) is 7.11. The van der Waals surface area contributed by atoms with E-state index in [0.717, 1.165) is 44.3 Å². The van der Waals surface area contributed by atoms with Crippen LogP contribution in [-0.2, 0) is 22.6 Å². The maximum Gasteiger partial charge on any atom is 0.242 e. The van der Waals surface area contributed by atoms with E-state index in [1.807, 2.05) is 10.8 Å². The van der Waals surface area contributed by atoms with Gasteiger partial charge in [-0.1, -0.05) is 26.7 Å². The third kappa shape index (κ3) is 2.57. The molecule has 1 aromatic rings. The van der Waals surface area contributed by atoms with Gasteiger partial charge < -0.3 is 14.4 Å². The number of nitrogens with zero attached hydrogens (tertiary/aromatic N) is 4.